The minimum atomic E-state index is -1.06. The van der Waals surface area contributed by atoms with Crippen molar-refractivity contribution in [1.29, 1.82) is 0 Å². The molecule has 5 heterocycles. The summed E-state index contributed by atoms with van der Waals surface area (Å²) in [7, 11) is 0. The highest BCUT2D eigenvalue weighted by Gasteiger charge is 2.50. The molecular weight excluding hydrogens is 356 g/mol. The number of aromatic carboxylic acids is 1. The van der Waals surface area contributed by atoms with Crippen LogP contribution in [0.1, 0.15) is 20.0 Å². The third kappa shape index (κ3) is 2.24. The average molecular weight is 370 g/mol. The van der Waals surface area contributed by atoms with Crippen LogP contribution in [0.3, 0.4) is 0 Å². The molecule has 3 aromatic rings. The van der Waals surface area contributed by atoms with Gasteiger partial charge in [-0.05, 0) is 12.1 Å². The molecule has 2 aliphatic rings. The Morgan fingerprint density at radius 2 is 2.12 bits per heavy atom. The Hall–Kier alpha value is -2.78. The molecule has 1 amide bonds. The van der Waals surface area contributed by atoms with E-state index in [4.69, 9.17) is 4.74 Å². The molecule has 9 heteroatoms. The van der Waals surface area contributed by atoms with Gasteiger partial charge in [0.25, 0.3) is 5.91 Å². The molecule has 2 N–H and O–H groups in total. The number of carbonyl (C=O) groups is 2. The van der Waals surface area contributed by atoms with Gasteiger partial charge in [-0.3, -0.25) is 4.79 Å². The fourth-order valence-corrected chi connectivity index (χ4v) is 4.33. The van der Waals surface area contributed by atoms with Crippen molar-refractivity contribution in [3.63, 3.8) is 0 Å². The van der Waals surface area contributed by atoms with Crippen molar-refractivity contribution < 1.29 is 19.4 Å². The number of fused-ring (bicyclic) bond motifs is 1. The van der Waals surface area contributed by atoms with E-state index in [2.05, 4.69) is 15.0 Å². The van der Waals surface area contributed by atoms with Gasteiger partial charge in [0.2, 0.25) is 0 Å². The van der Waals surface area contributed by atoms with Gasteiger partial charge in [0.1, 0.15) is 11.1 Å². The summed E-state index contributed by atoms with van der Waals surface area (Å²) in [5, 5.41) is 9.23. The highest BCUT2D eigenvalue weighted by Crippen LogP contribution is 2.39. The number of hydrogen-bond acceptors (Lipinski definition) is 6. The van der Waals surface area contributed by atoms with Crippen LogP contribution in [-0.2, 0) is 4.74 Å². The third-order valence-corrected chi connectivity index (χ3v) is 5.93. The lowest BCUT2D eigenvalue weighted by Crippen LogP contribution is -2.67. The number of carboxylic acid groups (broad SMARTS) is 1. The number of nitrogens with zero attached hydrogens (tertiary/aromatic N) is 3. The van der Waals surface area contributed by atoms with Crippen LogP contribution in [0, 0.1) is 5.41 Å². The third-order valence-electron chi connectivity index (χ3n) is 4.84. The lowest BCUT2D eigenvalue weighted by atomic mass is 9.78. The quantitative estimate of drug-likeness (QED) is 0.728. The molecule has 2 fully saturated rings. The van der Waals surface area contributed by atoms with E-state index in [0.29, 0.717) is 21.7 Å². The monoisotopic (exact) mass is 370 g/mol. The van der Waals surface area contributed by atoms with Gasteiger partial charge < -0.3 is 19.7 Å². The van der Waals surface area contributed by atoms with Crippen molar-refractivity contribution in [2.45, 2.75) is 0 Å². The van der Waals surface area contributed by atoms with Crippen LogP contribution in [-0.4, -0.2) is 63.1 Å². The molecule has 0 aromatic carbocycles. The molecule has 132 valence electrons. The van der Waals surface area contributed by atoms with Crippen molar-refractivity contribution in [1.82, 2.24) is 19.9 Å². The van der Waals surface area contributed by atoms with Crippen molar-refractivity contribution in [2.75, 3.05) is 26.3 Å². The number of thiophene rings is 1. The largest absolute Gasteiger partial charge is 0.478 e. The molecule has 0 unspecified atom stereocenters. The number of H-pyrrole nitrogens is 1. The maximum absolute atomic E-state index is 12.6. The number of nitrogens with one attached hydrogen (secondary N) is 1. The van der Waals surface area contributed by atoms with Gasteiger partial charge in [-0.15, -0.1) is 11.3 Å². The second kappa shape index (κ2) is 5.36. The smallest absolute Gasteiger partial charge is 0.339 e. The topological polar surface area (TPSA) is 108 Å². The Bertz CT molecular complexity index is 1040. The minimum Gasteiger partial charge on any atom is -0.478 e. The molecule has 3 aromatic heterocycles. The van der Waals surface area contributed by atoms with Crippen molar-refractivity contribution in [3.05, 3.63) is 35.0 Å². The van der Waals surface area contributed by atoms with Crippen LogP contribution < -0.4 is 0 Å². The summed E-state index contributed by atoms with van der Waals surface area (Å²) in [6, 6.07) is 3.61. The van der Waals surface area contributed by atoms with E-state index in [-0.39, 0.29) is 16.9 Å². The zero-order chi connectivity index (χ0) is 17.9. The van der Waals surface area contributed by atoms with E-state index in [9.17, 15) is 14.7 Å². The molecule has 2 aliphatic heterocycles. The molecule has 2 saturated heterocycles. The van der Waals surface area contributed by atoms with Crippen molar-refractivity contribution in [3.8, 4) is 10.6 Å². The van der Waals surface area contributed by atoms with Crippen LogP contribution in [0.2, 0.25) is 0 Å². The standard InChI is InChI=1S/C17H14N4O4S/c22-15(21-5-17(6-21)7-25-8-17)12-2-1-11(26-12)10-4-19-14-13(20-10)9(3-18-14)16(23)24/h1-4H,5-8H2,(H,18,19)(H,23,24). The lowest BCUT2D eigenvalue weighted by molar-refractivity contribution is -0.176. The summed E-state index contributed by atoms with van der Waals surface area (Å²) < 4.78 is 5.24. The first-order valence-electron chi connectivity index (χ1n) is 8.09. The Balaban J connectivity index is 1.41. The number of carbonyl (C=O) groups excluding carboxylic acids is 1. The molecule has 5 rings (SSSR count). The number of aromatic nitrogens is 3. The zero-order valence-electron chi connectivity index (χ0n) is 13.6. The number of amides is 1. The zero-order valence-corrected chi connectivity index (χ0v) is 14.4. The summed E-state index contributed by atoms with van der Waals surface area (Å²) in [5.74, 6) is -1.04. The first-order valence-corrected chi connectivity index (χ1v) is 8.91. The average Bonchev–Trinajstić information content (AvgIpc) is 3.18. The first kappa shape index (κ1) is 15.5. The Morgan fingerprint density at radius 1 is 1.31 bits per heavy atom. The summed E-state index contributed by atoms with van der Waals surface area (Å²) in [6.45, 7) is 2.97. The molecule has 0 bridgehead atoms. The fourth-order valence-electron chi connectivity index (χ4n) is 3.40. The van der Waals surface area contributed by atoms with Crippen LogP contribution in [0.5, 0.6) is 0 Å². The molecule has 1 spiro atoms. The number of ether oxygens (including phenoxy) is 1. The molecule has 8 nitrogen and oxygen atoms in total. The van der Waals surface area contributed by atoms with Crippen LogP contribution >= 0.6 is 11.3 Å². The molecule has 26 heavy (non-hydrogen) atoms. The Kier molecular flexibility index (Phi) is 3.19. The van der Waals surface area contributed by atoms with Gasteiger partial charge >= 0.3 is 5.97 Å². The van der Waals surface area contributed by atoms with Crippen LogP contribution in [0.15, 0.2) is 24.5 Å². The van der Waals surface area contributed by atoms with Gasteiger partial charge in [0.05, 0.1) is 40.3 Å². The van der Waals surface area contributed by atoms with E-state index >= 15 is 0 Å². The van der Waals surface area contributed by atoms with Gasteiger partial charge in [0.15, 0.2) is 5.65 Å². The number of likely N-dealkylation sites (tertiary alicyclic amines) is 1. The summed E-state index contributed by atoms with van der Waals surface area (Å²) in [6.07, 6.45) is 2.96. The molecule has 0 saturated carbocycles. The second-order valence-corrected chi connectivity index (χ2v) is 7.86. The summed E-state index contributed by atoms with van der Waals surface area (Å²) >= 11 is 1.34. The maximum Gasteiger partial charge on any atom is 0.339 e. The number of aromatic amines is 1. The molecule has 0 radical (unpaired) electrons. The fraction of sp³-hybridized carbons (Fsp3) is 0.294. The number of hydrogen-bond donors (Lipinski definition) is 2. The Morgan fingerprint density at radius 3 is 2.81 bits per heavy atom. The van der Waals surface area contributed by atoms with Crippen molar-refractivity contribution >= 4 is 34.4 Å². The molecule has 0 atom stereocenters. The minimum absolute atomic E-state index is 0.0145. The van der Waals surface area contributed by atoms with Crippen LogP contribution in [0.25, 0.3) is 21.7 Å². The van der Waals surface area contributed by atoms with E-state index in [1.54, 1.807) is 12.3 Å². The van der Waals surface area contributed by atoms with E-state index in [1.165, 1.54) is 17.5 Å². The van der Waals surface area contributed by atoms with E-state index < -0.39 is 5.97 Å². The SMILES string of the molecule is O=C(O)c1c[nH]c2ncc(-c3ccc(C(=O)N4CC5(COC5)C4)s3)nc12. The number of rotatable bonds is 3. The summed E-state index contributed by atoms with van der Waals surface area (Å²) in [4.78, 5) is 38.6. The van der Waals surface area contributed by atoms with Gasteiger partial charge in [-0.25, -0.2) is 14.8 Å². The predicted molar refractivity (Wildman–Crippen MR) is 93.3 cm³/mol. The predicted octanol–water partition coefficient (Wildman–Crippen LogP) is 1.86. The normalized spacial score (nSPS) is 17.9. The Labute approximate surface area is 151 Å². The lowest BCUT2D eigenvalue weighted by Gasteiger charge is -2.54. The van der Waals surface area contributed by atoms with Gasteiger partial charge in [-0.2, -0.15) is 0 Å². The highest BCUT2D eigenvalue weighted by atomic mass is 32.1. The molecular formula is C17H14N4O4S. The van der Waals surface area contributed by atoms with Gasteiger partial charge in [0, 0.05) is 19.3 Å². The molecule has 0 aliphatic carbocycles. The number of carboxylic acids is 1. The second-order valence-electron chi connectivity index (χ2n) is 6.78. The van der Waals surface area contributed by atoms with Gasteiger partial charge in [-0.1, -0.05) is 0 Å². The first-order chi connectivity index (χ1) is 12.5. The highest BCUT2D eigenvalue weighted by molar-refractivity contribution is 7.17. The van der Waals surface area contributed by atoms with E-state index in [0.717, 1.165) is 31.2 Å². The van der Waals surface area contributed by atoms with Crippen LogP contribution in [0.4, 0.5) is 0 Å². The van der Waals surface area contributed by atoms with Crippen molar-refractivity contribution in [2.24, 2.45) is 5.41 Å². The maximum atomic E-state index is 12.6. The summed E-state index contributed by atoms with van der Waals surface area (Å²) in [5.41, 5.74) is 1.55. The van der Waals surface area contributed by atoms with E-state index in [1.807, 2.05) is 11.0 Å².